The average Bonchev–Trinajstić information content (AvgIpc) is 3.11. The number of carbonyl (C=O) groups is 1. The van der Waals surface area contributed by atoms with Crippen molar-refractivity contribution in [2.75, 3.05) is 11.9 Å². The highest BCUT2D eigenvalue weighted by Crippen LogP contribution is 2.37. The van der Waals surface area contributed by atoms with E-state index in [-0.39, 0.29) is 18.2 Å². The van der Waals surface area contributed by atoms with Gasteiger partial charge in [0.25, 0.3) is 5.91 Å². The molecule has 1 aliphatic rings. The Kier molecular flexibility index (Phi) is 3.43. The van der Waals surface area contributed by atoms with Crippen molar-refractivity contribution in [1.82, 2.24) is 15.2 Å². The maximum atomic E-state index is 12.9. The average molecular weight is 331 g/mol. The van der Waals surface area contributed by atoms with Gasteiger partial charge in [-0.15, -0.1) is 0 Å². The molecule has 4 rings (SSSR count). The molecule has 1 amide bonds. The second kappa shape index (κ2) is 5.76. The Balaban J connectivity index is 1.71. The highest BCUT2D eigenvalue weighted by atomic mass is 16.5. The van der Waals surface area contributed by atoms with Crippen molar-refractivity contribution < 1.29 is 9.53 Å². The Labute approximate surface area is 143 Å². The third-order valence-corrected chi connectivity index (χ3v) is 4.12. The van der Waals surface area contributed by atoms with Gasteiger partial charge in [-0.1, -0.05) is 12.1 Å². The Morgan fingerprint density at radius 3 is 3.04 bits per heavy atom. The molecule has 0 atom stereocenters. The standard InChI is InChI=1S/C18H13N5O2/c1-23(15-8-11(9-19)6-7-20-15)18(24)17-13-10-25-14-5-3-2-4-12(14)16(13)21-22-17/h2-8H,10H2,1H3,(H,21,22). The summed E-state index contributed by atoms with van der Waals surface area (Å²) in [6, 6.07) is 12.8. The molecule has 1 aliphatic heterocycles. The lowest BCUT2D eigenvalue weighted by atomic mass is 10.0. The van der Waals surface area contributed by atoms with Crippen molar-refractivity contribution in [1.29, 1.82) is 5.26 Å². The summed E-state index contributed by atoms with van der Waals surface area (Å²) in [5.41, 5.74) is 3.11. The quantitative estimate of drug-likeness (QED) is 0.778. The predicted molar refractivity (Wildman–Crippen MR) is 90.0 cm³/mol. The number of H-pyrrole nitrogens is 1. The number of carbonyl (C=O) groups excluding carboxylic acids is 1. The monoisotopic (exact) mass is 331 g/mol. The maximum absolute atomic E-state index is 12.9. The second-order valence-corrected chi connectivity index (χ2v) is 5.59. The van der Waals surface area contributed by atoms with E-state index in [1.165, 1.54) is 11.1 Å². The van der Waals surface area contributed by atoms with Crippen LogP contribution < -0.4 is 9.64 Å². The van der Waals surface area contributed by atoms with E-state index in [2.05, 4.69) is 15.2 Å². The van der Waals surface area contributed by atoms with Crippen LogP contribution in [0.5, 0.6) is 5.75 Å². The van der Waals surface area contributed by atoms with Gasteiger partial charge in [-0.2, -0.15) is 10.4 Å². The van der Waals surface area contributed by atoms with E-state index >= 15 is 0 Å². The largest absolute Gasteiger partial charge is 0.488 e. The van der Waals surface area contributed by atoms with Gasteiger partial charge in [0.1, 0.15) is 18.2 Å². The molecule has 1 aromatic carbocycles. The molecule has 2 aromatic heterocycles. The molecule has 0 bridgehead atoms. The molecule has 7 nitrogen and oxygen atoms in total. The fraction of sp³-hybridized carbons (Fsp3) is 0.111. The minimum absolute atomic E-state index is 0.267. The minimum Gasteiger partial charge on any atom is -0.488 e. The number of ether oxygens (including phenoxy) is 1. The van der Waals surface area contributed by atoms with Crippen molar-refractivity contribution in [3.63, 3.8) is 0 Å². The molecule has 0 spiro atoms. The smallest absolute Gasteiger partial charge is 0.280 e. The van der Waals surface area contributed by atoms with Crippen LogP contribution in [0.3, 0.4) is 0 Å². The summed E-state index contributed by atoms with van der Waals surface area (Å²) in [4.78, 5) is 18.4. The van der Waals surface area contributed by atoms with Crippen LogP contribution in [0.25, 0.3) is 11.3 Å². The van der Waals surface area contributed by atoms with Gasteiger partial charge in [-0.3, -0.25) is 14.8 Å². The molecule has 25 heavy (non-hydrogen) atoms. The molecular formula is C18H13N5O2. The number of benzene rings is 1. The van der Waals surface area contributed by atoms with Crippen molar-refractivity contribution in [3.8, 4) is 23.1 Å². The molecule has 122 valence electrons. The van der Waals surface area contributed by atoms with E-state index in [9.17, 15) is 4.79 Å². The Bertz CT molecular complexity index is 1020. The molecule has 1 N–H and O–H groups in total. The molecular weight excluding hydrogens is 318 g/mol. The summed E-state index contributed by atoms with van der Waals surface area (Å²) < 4.78 is 5.73. The molecule has 0 aliphatic carbocycles. The number of hydrogen-bond donors (Lipinski definition) is 1. The zero-order chi connectivity index (χ0) is 17.4. The minimum atomic E-state index is -0.317. The number of nitriles is 1. The Morgan fingerprint density at radius 2 is 2.20 bits per heavy atom. The van der Waals surface area contributed by atoms with Crippen LogP contribution in [-0.2, 0) is 6.61 Å². The van der Waals surface area contributed by atoms with Crippen molar-refractivity contribution in [3.05, 3.63) is 59.4 Å². The molecule has 3 heterocycles. The predicted octanol–water partition coefficient (Wildman–Crippen LogP) is 2.51. The molecule has 0 saturated heterocycles. The Morgan fingerprint density at radius 1 is 1.36 bits per heavy atom. The SMILES string of the molecule is CN(C(=O)c1n[nH]c2c1COc1ccccc1-2)c1cc(C#N)ccn1. The number of rotatable bonds is 2. The molecule has 0 radical (unpaired) electrons. The fourth-order valence-corrected chi connectivity index (χ4v) is 2.79. The first-order valence-electron chi connectivity index (χ1n) is 7.62. The fourth-order valence-electron chi connectivity index (χ4n) is 2.79. The van der Waals surface area contributed by atoms with Gasteiger partial charge in [-0.25, -0.2) is 4.98 Å². The first-order valence-corrected chi connectivity index (χ1v) is 7.62. The van der Waals surface area contributed by atoms with Crippen LogP contribution >= 0.6 is 0 Å². The molecule has 0 fully saturated rings. The second-order valence-electron chi connectivity index (χ2n) is 5.59. The summed E-state index contributed by atoms with van der Waals surface area (Å²) in [7, 11) is 1.60. The summed E-state index contributed by atoms with van der Waals surface area (Å²) in [5.74, 6) is 0.829. The van der Waals surface area contributed by atoms with Crippen molar-refractivity contribution in [2.24, 2.45) is 0 Å². The third-order valence-electron chi connectivity index (χ3n) is 4.12. The number of aromatic nitrogens is 3. The van der Waals surface area contributed by atoms with Crippen molar-refractivity contribution in [2.45, 2.75) is 6.61 Å². The number of pyridine rings is 1. The van der Waals surface area contributed by atoms with Gasteiger partial charge >= 0.3 is 0 Å². The first kappa shape index (κ1) is 14.9. The molecule has 0 saturated carbocycles. The number of hydrogen-bond acceptors (Lipinski definition) is 5. The van der Waals surface area contributed by atoms with E-state index in [0.717, 1.165) is 17.0 Å². The van der Waals surface area contributed by atoms with Gasteiger partial charge in [-0.05, 0) is 24.3 Å². The van der Waals surface area contributed by atoms with Gasteiger partial charge in [0.2, 0.25) is 0 Å². The van der Waals surface area contributed by atoms with E-state index in [0.29, 0.717) is 16.9 Å². The lowest BCUT2D eigenvalue weighted by Gasteiger charge is -2.19. The zero-order valence-electron chi connectivity index (χ0n) is 13.4. The van der Waals surface area contributed by atoms with E-state index < -0.39 is 0 Å². The normalized spacial score (nSPS) is 11.7. The summed E-state index contributed by atoms with van der Waals surface area (Å²) in [6.45, 7) is 0.267. The zero-order valence-corrected chi connectivity index (χ0v) is 13.4. The van der Waals surface area contributed by atoms with Crippen LogP contribution in [0, 0.1) is 11.3 Å². The summed E-state index contributed by atoms with van der Waals surface area (Å²) >= 11 is 0. The van der Waals surface area contributed by atoms with Crippen LogP contribution in [0.1, 0.15) is 21.6 Å². The maximum Gasteiger partial charge on any atom is 0.280 e. The van der Waals surface area contributed by atoms with Gasteiger partial charge in [0, 0.05) is 24.4 Å². The summed E-state index contributed by atoms with van der Waals surface area (Å²) in [5, 5.41) is 16.1. The van der Waals surface area contributed by atoms with Crippen LogP contribution in [0.2, 0.25) is 0 Å². The van der Waals surface area contributed by atoms with E-state index in [1.807, 2.05) is 30.3 Å². The van der Waals surface area contributed by atoms with Crippen LogP contribution in [-0.4, -0.2) is 28.1 Å². The van der Waals surface area contributed by atoms with Gasteiger partial charge in [0.15, 0.2) is 5.69 Å². The number of aromatic amines is 1. The molecule has 7 heteroatoms. The number of nitrogens with zero attached hydrogens (tertiary/aromatic N) is 4. The van der Waals surface area contributed by atoms with Crippen LogP contribution in [0.4, 0.5) is 5.82 Å². The number of amides is 1. The topological polar surface area (TPSA) is 94.9 Å². The van der Waals surface area contributed by atoms with Crippen molar-refractivity contribution >= 4 is 11.7 Å². The third kappa shape index (κ3) is 2.40. The Hall–Kier alpha value is -3.66. The van der Waals surface area contributed by atoms with E-state index in [1.54, 1.807) is 19.2 Å². The molecule has 3 aromatic rings. The van der Waals surface area contributed by atoms with Gasteiger partial charge in [0.05, 0.1) is 17.3 Å². The number of anilines is 1. The highest BCUT2D eigenvalue weighted by Gasteiger charge is 2.28. The number of fused-ring (bicyclic) bond motifs is 3. The highest BCUT2D eigenvalue weighted by molar-refractivity contribution is 6.06. The lowest BCUT2D eigenvalue weighted by molar-refractivity contribution is 0.0985. The van der Waals surface area contributed by atoms with E-state index in [4.69, 9.17) is 10.00 Å². The van der Waals surface area contributed by atoms with Gasteiger partial charge < -0.3 is 4.74 Å². The lowest BCUT2D eigenvalue weighted by Crippen LogP contribution is -2.28. The number of nitrogens with one attached hydrogen (secondary N) is 1. The molecule has 0 unspecified atom stereocenters. The summed E-state index contributed by atoms with van der Waals surface area (Å²) in [6.07, 6.45) is 1.50. The van der Waals surface area contributed by atoms with Crippen LogP contribution in [0.15, 0.2) is 42.6 Å². The number of para-hydroxylation sites is 1. The first-order chi connectivity index (χ1) is 12.2.